The summed E-state index contributed by atoms with van der Waals surface area (Å²) in [7, 11) is 0. The van der Waals surface area contributed by atoms with Crippen LogP contribution in [0.3, 0.4) is 0 Å². The van der Waals surface area contributed by atoms with E-state index in [1.165, 1.54) is 37.6 Å². The molecule has 0 radical (unpaired) electrons. The maximum absolute atomic E-state index is 13.6. The highest BCUT2D eigenvalue weighted by atomic mass is 16.4. The third-order valence-corrected chi connectivity index (χ3v) is 6.56. The van der Waals surface area contributed by atoms with Gasteiger partial charge in [0, 0.05) is 54.9 Å². The zero-order valence-electron chi connectivity index (χ0n) is 24.5. The molecule has 0 saturated heterocycles. The van der Waals surface area contributed by atoms with Crippen molar-refractivity contribution in [3.8, 4) is 0 Å². The summed E-state index contributed by atoms with van der Waals surface area (Å²) < 4.78 is 0. The van der Waals surface area contributed by atoms with Crippen LogP contribution in [-0.4, -0.2) is 117 Å². The Bertz CT molecular complexity index is 1530. The van der Waals surface area contributed by atoms with Crippen molar-refractivity contribution in [1.29, 1.82) is 0 Å². The molecule has 0 unspecified atom stereocenters. The van der Waals surface area contributed by atoms with Gasteiger partial charge >= 0.3 is 17.9 Å². The van der Waals surface area contributed by atoms with Gasteiger partial charge in [-0.05, 0) is 0 Å². The average molecular weight is 660 g/mol. The van der Waals surface area contributed by atoms with Crippen molar-refractivity contribution in [1.82, 2.24) is 51.2 Å². The Kier molecular flexibility index (Phi) is 12.6. The van der Waals surface area contributed by atoms with Gasteiger partial charge in [0.1, 0.15) is 24.2 Å². The molecule has 0 fully saturated rings. The molecule has 3 aromatic heterocycles. The van der Waals surface area contributed by atoms with Gasteiger partial charge in [0.25, 0.3) is 0 Å². The number of H-pyrrole nitrogens is 3. The van der Waals surface area contributed by atoms with Gasteiger partial charge in [0.2, 0.25) is 23.6 Å². The average Bonchev–Trinajstić information content (AvgIpc) is 3.80. The van der Waals surface area contributed by atoms with Crippen LogP contribution in [0.1, 0.15) is 29.9 Å². The minimum atomic E-state index is -1.93. The Balaban J connectivity index is 1.81. The molecule has 0 bridgehead atoms. The second kappa shape index (κ2) is 16.8. The lowest BCUT2D eigenvalue weighted by Crippen LogP contribution is -2.59. The first-order chi connectivity index (χ1) is 22.3. The van der Waals surface area contributed by atoms with Crippen LogP contribution in [-0.2, 0) is 52.8 Å². The third-order valence-electron chi connectivity index (χ3n) is 6.56. The number of imidazole rings is 3. The van der Waals surface area contributed by atoms with E-state index in [9.17, 15) is 43.8 Å². The van der Waals surface area contributed by atoms with E-state index >= 15 is 0 Å². The van der Waals surface area contributed by atoms with Crippen molar-refractivity contribution in [3.63, 3.8) is 0 Å². The highest BCUT2D eigenvalue weighted by Gasteiger charge is 2.34. The molecule has 0 aromatic carbocycles. The first kappa shape index (κ1) is 35.4. The monoisotopic (exact) mass is 659 g/mol. The SMILES string of the molecule is N[C@@H](Cc1cnc[nH]1)C(=O)N[C@@H](Cc1cnc[nH]1)C(=O)N[C@@H](Cc1cnc[nH]1)C(=O)N[C@@H](CC(=O)O)C(=O)N[C@@H](CC(=O)O)C(=O)O. The fraction of sp³-hybridized carbons (Fsp3) is 0.385. The number of nitrogens with one attached hydrogen (secondary N) is 7. The van der Waals surface area contributed by atoms with Crippen molar-refractivity contribution < 1.29 is 48.9 Å². The summed E-state index contributed by atoms with van der Waals surface area (Å²) in [5.74, 6) is -8.76. The summed E-state index contributed by atoms with van der Waals surface area (Å²) >= 11 is 0. The quantitative estimate of drug-likeness (QED) is 0.0588. The minimum absolute atomic E-state index is 0.0668. The summed E-state index contributed by atoms with van der Waals surface area (Å²) in [4.78, 5) is 107. The van der Waals surface area contributed by atoms with E-state index in [1.54, 1.807) is 0 Å². The molecule has 3 aromatic rings. The summed E-state index contributed by atoms with van der Waals surface area (Å²) in [5.41, 5.74) is 7.38. The summed E-state index contributed by atoms with van der Waals surface area (Å²) in [6, 6.07) is -7.71. The molecule has 0 aliphatic rings. The van der Waals surface area contributed by atoms with Crippen molar-refractivity contribution in [3.05, 3.63) is 54.7 Å². The molecule has 4 amide bonds. The van der Waals surface area contributed by atoms with E-state index in [0.717, 1.165) is 0 Å². The van der Waals surface area contributed by atoms with Gasteiger partial charge in [-0.3, -0.25) is 28.8 Å². The lowest BCUT2D eigenvalue weighted by Gasteiger charge is -2.25. The molecule has 3 heterocycles. The molecule has 21 nitrogen and oxygen atoms in total. The second-order valence-electron chi connectivity index (χ2n) is 10.2. The maximum Gasteiger partial charge on any atom is 0.326 e. The van der Waals surface area contributed by atoms with Crippen molar-refractivity contribution in [2.24, 2.45) is 5.73 Å². The van der Waals surface area contributed by atoms with Gasteiger partial charge in [-0.1, -0.05) is 0 Å². The van der Waals surface area contributed by atoms with E-state index in [4.69, 9.17) is 10.8 Å². The lowest BCUT2D eigenvalue weighted by atomic mass is 10.1. The number of hydrogen-bond donors (Lipinski definition) is 11. The van der Waals surface area contributed by atoms with E-state index in [-0.39, 0.29) is 19.3 Å². The maximum atomic E-state index is 13.6. The van der Waals surface area contributed by atoms with Crippen LogP contribution >= 0.6 is 0 Å². The van der Waals surface area contributed by atoms with Gasteiger partial charge in [-0.2, -0.15) is 0 Å². The molecule has 21 heteroatoms. The predicted octanol–water partition coefficient (Wildman–Crippen LogP) is -3.82. The van der Waals surface area contributed by atoms with E-state index in [0.29, 0.717) is 17.1 Å². The number of rotatable bonds is 19. The van der Waals surface area contributed by atoms with Crippen LogP contribution in [0.25, 0.3) is 0 Å². The van der Waals surface area contributed by atoms with Crippen LogP contribution in [0.2, 0.25) is 0 Å². The number of carboxylic acid groups (broad SMARTS) is 3. The minimum Gasteiger partial charge on any atom is -0.481 e. The fourth-order valence-electron chi connectivity index (χ4n) is 4.23. The highest BCUT2D eigenvalue weighted by Crippen LogP contribution is 2.06. The Morgan fingerprint density at radius 1 is 0.574 bits per heavy atom. The standard InChI is InChI=1S/C26H33N11O10/c27-15(1-12-6-28-9-31-12)22(42)34-16(2-13-7-29-10-32-13)23(43)35-17(3-14-8-30-11-33-14)24(44)36-18(4-20(38)39)25(45)37-19(26(46)47)5-21(40)41/h6-11,15-19H,1-5,27H2,(H,28,31)(H,29,32)(H,30,33)(H,34,42)(H,35,43)(H,36,44)(H,37,45)(H,38,39)(H,40,41)(H,46,47)/t15-,16-,17-,18-,19-/m0/s1. The lowest BCUT2D eigenvalue weighted by molar-refractivity contribution is -0.148. The van der Waals surface area contributed by atoms with E-state index in [1.807, 2.05) is 5.32 Å². The molecule has 0 spiro atoms. The Hall–Kier alpha value is -6.12. The van der Waals surface area contributed by atoms with Gasteiger partial charge in [-0.25, -0.2) is 19.7 Å². The van der Waals surface area contributed by atoms with Crippen LogP contribution in [0.4, 0.5) is 0 Å². The fourth-order valence-corrected chi connectivity index (χ4v) is 4.23. The largest absolute Gasteiger partial charge is 0.481 e. The van der Waals surface area contributed by atoms with Crippen LogP contribution in [0.15, 0.2) is 37.6 Å². The number of aromatic nitrogens is 6. The van der Waals surface area contributed by atoms with Gasteiger partial charge in [0.05, 0.1) is 37.9 Å². The first-order valence-electron chi connectivity index (χ1n) is 13.9. The zero-order chi connectivity index (χ0) is 34.5. The molecular formula is C26H33N11O10. The van der Waals surface area contributed by atoms with E-state index in [2.05, 4.69) is 45.9 Å². The first-order valence-corrected chi connectivity index (χ1v) is 13.9. The van der Waals surface area contributed by atoms with Crippen molar-refractivity contribution in [2.45, 2.75) is 62.3 Å². The molecule has 0 aliphatic carbocycles. The zero-order valence-corrected chi connectivity index (χ0v) is 24.5. The second-order valence-corrected chi connectivity index (χ2v) is 10.2. The predicted molar refractivity (Wildman–Crippen MR) is 155 cm³/mol. The van der Waals surface area contributed by atoms with Crippen LogP contribution in [0.5, 0.6) is 0 Å². The number of aliphatic carboxylic acids is 3. The summed E-state index contributed by atoms with van der Waals surface area (Å²) in [5, 5.41) is 36.7. The number of carbonyl (C=O) groups is 7. The molecule has 252 valence electrons. The highest BCUT2D eigenvalue weighted by molar-refractivity contribution is 5.97. The number of carbonyl (C=O) groups excluding carboxylic acids is 4. The number of amides is 4. The van der Waals surface area contributed by atoms with Gasteiger partial charge < -0.3 is 57.3 Å². The van der Waals surface area contributed by atoms with Crippen molar-refractivity contribution >= 4 is 41.5 Å². The van der Waals surface area contributed by atoms with E-state index < -0.39 is 84.6 Å². The molecular weight excluding hydrogens is 626 g/mol. The molecule has 5 atom stereocenters. The molecule has 0 aliphatic heterocycles. The van der Waals surface area contributed by atoms with Crippen LogP contribution in [0, 0.1) is 0 Å². The number of carboxylic acids is 3. The molecule has 47 heavy (non-hydrogen) atoms. The van der Waals surface area contributed by atoms with Gasteiger partial charge in [-0.15, -0.1) is 0 Å². The summed E-state index contributed by atoms with van der Waals surface area (Å²) in [6.45, 7) is 0. The number of nitrogens with zero attached hydrogens (tertiary/aromatic N) is 3. The Morgan fingerprint density at radius 3 is 1.34 bits per heavy atom. The Labute approximate surface area is 264 Å². The topological polar surface area (TPSA) is 340 Å². The number of hydrogen-bond acceptors (Lipinski definition) is 11. The smallest absolute Gasteiger partial charge is 0.326 e. The van der Waals surface area contributed by atoms with Gasteiger partial charge in [0.15, 0.2) is 0 Å². The van der Waals surface area contributed by atoms with Crippen LogP contribution < -0.4 is 27.0 Å². The molecule has 12 N–H and O–H groups in total. The van der Waals surface area contributed by atoms with Crippen molar-refractivity contribution in [2.75, 3.05) is 0 Å². The normalized spacial score (nSPS) is 14.1. The summed E-state index contributed by atoms with van der Waals surface area (Å²) in [6.07, 6.45) is 5.94. The molecule has 0 saturated carbocycles. The number of nitrogens with two attached hydrogens (primary N) is 1. The number of aromatic amines is 3. The third kappa shape index (κ3) is 11.4. The Morgan fingerprint density at radius 2 is 0.936 bits per heavy atom. The molecule has 3 rings (SSSR count).